The standard InChI is InChI=1S/C13H28O6Si4/c1-7-13(15)17-9-12(14)8-16-10-20-19-23(5,6)11-21-18-22(2,3)4/h7,12,14H,1,8-11H2,2-6H3. The van der Waals surface area contributed by atoms with Crippen LogP contribution in [-0.2, 0) is 22.5 Å². The molecule has 0 aliphatic heterocycles. The Hall–Kier alpha value is -0.0825. The Kier molecular flexibility index (Phi) is 11.4. The van der Waals surface area contributed by atoms with Crippen molar-refractivity contribution in [3.63, 3.8) is 0 Å². The zero-order valence-electron chi connectivity index (χ0n) is 14.7. The van der Waals surface area contributed by atoms with Gasteiger partial charge >= 0.3 is 5.97 Å². The van der Waals surface area contributed by atoms with E-state index >= 15 is 0 Å². The summed E-state index contributed by atoms with van der Waals surface area (Å²) in [4.78, 5) is 10.8. The van der Waals surface area contributed by atoms with E-state index in [2.05, 4.69) is 39.3 Å². The number of hydrogen-bond acceptors (Lipinski definition) is 6. The number of hydrogen-bond donors (Lipinski definition) is 1. The highest BCUT2D eigenvalue weighted by molar-refractivity contribution is 6.83. The summed E-state index contributed by atoms with van der Waals surface area (Å²) in [6, 6.07) is 0. The second-order valence-electron chi connectivity index (χ2n) is 6.54. The minimum absolute atomic E-state index is 0.0930. The van der Waals surface area contributed by atoms with Crippen LogP contribution in [0.25, 0.3) is 0 Å². The van der Waals surface area contributed by atoms with E-state index < -0.39 is 28.7 Å². The van der Waals surface area contributed by atoms with Crippen LogP contribution in [0, 0.1) is 0 Å². The van der Waals surface area contributed by atoms with Gasteiger partial charge in [0.1, 0.15) is 12.7 Å². The molecule has 0 aliphatic rings. The molecule has 1 unspecified atom stereocenters. The van der Waals surface area contributed by atoms with Crippen molar-refractivity contribution < 1.29 is 27.6 Å². The third-order valence-electron chi connectivity index (χ3n) is 2.28. The van der Waals surface area contributed by atoms with Crippen LogP contribution in [0.5, 0.6) is 0 Å². The zero-order chi connectivity index (χ0) is 17.9. The molecule has 0 amide bonds. The quantitative estimate of drug-likeness (QED) is 0.220. The van der Waals surface area contributed by atoms with Crippen molar-refractivity contribution in [1.29, 1.82) is 0 Å². The number of carbonyl (C=O) groups is 1. The first kappa shape index (κ1) is 22.9. The summed E-state index contributed by atoms with van der Waals surface area (Å²) in [6.45, 7) is 14.2. The van der Waals surface area contributed by atoms with Gasteiger partial charge in [-0.25, -0.2) is 4.79 Å². The van der Waals surface area contributed by atoms with E-state index in [0.717, 1.165) is 11.7 Å². The van der Waals surface area contributed by atoms with Gasteiger partial charge in [-0.15, -0.1) is 0 Å². The number of esters is 1. The van der Waals surface area contributed by atoms with Gasteiger partial charge in [-0.2, -0.15) is 0 Å². The molecule has 23 heavy (non-hydrogen) atoms. The summed E-state index contributed by atoms with van der Waals surface area (Å²) >= 11 is 0. The molecule has 4 radical (unpaired) electrons. The average Bonchev–Trinajstić information content (AvgIpc) is 2.42. The maximum Gasteiger partial charge on any atom is 0.330 e. The normalized spacial score (nSPS) is 13.7. The SMILES string of the molecule is C=CC(=O)OCC(O)COC[Si]O[Si](C)(C)C[Si]O[Si](C)(C)C. The summed E-state index contributed by atoms with van der Waals surface area (Å²) in [6.07, 6.45) is 0.656. The minimum Gasteiger partial charge on any atom is -0.460 e. The van der Waals surface area contributed by atoms with Gasteiger partial charge < -0.3 is 22.8 Å². The molecule has 0 heterocycles. The van der Waals surface area contributed by atoms with Crippen molar-refractivity contribution in [3.8, 4) is 0 Å². The maximum absolute atomic E-state index is 10.8. The molecule has 0 bridgehead atoms. The third-order valence-corrected chi connectivity index (χ3v) is 12.4. The van der Waals surface area contributed by atoms with Crippen molar-refractivity contribution in [2.45, 2.75) is 44.5 Å². The summed E-state index contributed by atoms with van der Waals surface area (Å²) in [7, 11) is -2.41. The number of rotatable bonds is 13. The lowest BCUT2D eigenvalue weighted by Gasteiger charge is -2.24. The molecule has 6 nitrogen and oxygen atoms in total. The molecule has 10 heteroatoms. The lowest BCUT2D eigenvalue weighted by atomic mass is 10.4. The van der Waals surface area contributed by atoms with E-state index in [1.54, 1.807) is 0 Å². The molecule has 0 saturated carbocycles. The van der Waals surface area contributed by atoms with Crippen LogP contribution >= 0.6 is 0 Å². The van der Waals surface area contributed by atoms with Gasteiger partial charge in [-0.3, -0.25) is 0 Å². The summed E-state index contributed by atoms with van der Waals surface area (Å²) < 4.78 is 21.9. The monoisotopic (exact) mass is 392 g/mol. The Labute approximate surface area is 146 Å². The third kappa shape index (κ3) is 15.2. The van der Waals surface area contributed by atoms with Gasteiger partial charge in [0.15, 0.2) is 16.6 Å². The Morgan fingerprint density at radius 3 is 2.39 bits per heavy atom. The first-order valence-electron chi connectivity index (χ1n) is 7.42. The first-order valence-corrected chi connectivity index (χ1v) is 16.2. The van der Waals surface area contributed by atoms with Crippen molar-refractivity contribution >= 4 is 42.1 Å². The van der Waals surface area contributed by atoms with Crippen molar-refractivity contribution in [1.82, 2.24) is 0 Å². The van der Waals surface area contributed by atoms with E-state index in [4.69, 9.17) is 17.7 Å². The second kappa shape index (κ2) is 11.5. The van der Waals surface area contributed by atoms with E-state index in [-0.39, 0.29) is 23.0 Å². The Bertz CT molecular complexity index is 359. The highest BCUT2D eigenvalue weighted by atomic mass is 28.4. The zero-order valence-corrected chi connectivity index (χ0v) is 18.7. The molecule has 0 spiro atoms. The van der Waals surface area contributed by atoms with E-state index in [1.807, 2.05) is 0 Å². The Morgan fingerprint density at radius 2 is 1.83 bits per heavy atom. The van der Waals surface area contributed by atoms with E-state index in [9.17, 15) is 9.90 Å². The minimum atomic E-state index is -1.72. The summed E-state index contributed by atoms with van der Waals surface area (Å²) in [5, 5.41) is 9.57. The number of carbonyl (C=O) groups excluding carboxylic acids is 1. The molecule has 0 rings (SSSR count). The van der Waals surface area contributed by atoms with Gasteiger partial charge in [0.25, 0.3) is 0 Å². The molecule has 0 aromatic heterocycles. The topological polar surface area (TPSA) is 74.2 Å². The van der Waals surface area contributed by atoms with E-state index in [0.29, 0.717) is 16.0 Å². The van der Waals surface area contributed by atoms with Crippen molar-refractivity contribution in [3.05, 3.63) is 12.7 Å². The molecule has 0 aromatic carbocycles. The van der Waals surface area contributed by atoms with E-state index in [1.165, 1.54) is 0 Å². The van der Waals surface area contributed by atoms with Crippen molar-refractivity contribution in [2.24, 2.45) is 0 Å². The van der Waals surface area contributed by atoms with Crippen LogP contribution in [0.2, 0.25) is 38.4 Å². The molecular formula is C13H28O6Si4. The van der Waals surface area contributed by atoms with Crippen LogP contribution in [0.4, 0.5) is 0 Å². The van der Waals surface area contributed by atoms with Crippen molar-refractivity contribution in [2.75, 3.05) is 19.4 Å². The largest absolute Gasteiger partial charge is 0.460 e. The Morgan fingerprint density at radius 1 is 1.17 bits per heavy atom. The Balaban J connectivity index is 3.69. The highest BCUT2D eigenvalue weighted by Crippen LogP contribution is 2.11. The van der Waals surface area contributed by atoms with Gasteiger partial charge in [-0.1, -0.05) is 6.58 Å². The van der Waals surface area contributed by atoms with Gasteiger partial charge in [0.05, 0.1) is 12.8 Å². The molecule has 0 saturated heterocycles. The summed E-state index contributed by atoms with van der Waals surface area (Å²) in [5.74, 6) is -0.552. The predicted molar refractivity (Wildman–Crippen MR) is 97.3 cm³/mol. The first-order chi connectivity index (χ1) is 10.6. The fourth-order valence-corrected chi connectivity index (χ4v) is 8.21. The van der Waals surface area contributed by atoms with Gasteiger partial charge in [0, 0.05) is 6.08 Å². The van der Waals surface area contributed by atoms with Gasteiger partial charge in [0.2, 0.25) is 19.5 Å². The van der Waals surface area contributed by atoms with Crippen LogP contribution in [0.3, 0.4) is 0 Å². The molecular weight excluding hydrogens is 364 g/mol. The molecule has 1 N–H and O–H groups in total. The number of aliphatic hydroxyl groups is 1. The van der Waals surface area contributed by atoms with Gasteiger partial charge in [-0.05, 0) is 38.4 Å². The maximum atomic E-state index is 10.8. The van der Waals surface area contributed by atoms with Crippen LogP contribution < -0.4 is 0 Å². The fourth-order valence-electron chi connectivity index (χ4n) is 1.21. The number of aliphatic hydroxyl groups excluding tert-OH is 1. The second-order valence-corrected chi connectivity index (χ2v) is 18.2. The van der Waals surface area contributed by atoms with Crippen LogP contribution in [0.1, 0.15) is 0 Å². The molecule has 132 valence electrons. The fraction of sp³-hybridized carbons (Fsp3) is 0.769. The molecule has 0 fully saturated rings. The molecule has 0 aliphatic carbocycles. The molecule has 0 aromatic rings. The number of ether oxygens (including phenoxy) is 2. The lowest BCUT2D eigenvalue weighted by molar-refractivity contribution is -0.141. The smallest absolute Gasteiger partial charge is 0.330 e. The highest BCUT2D eigenvalue weighted by Gasteiger charge is 2.25. The van der Waals surface area contributed by atoms with Crippen LogP contribution in [0.15, 0.2) is 12.7 Å². The summed E-state index contributed by atoms with van der Waals surface area (Å²) in [5.41, 5.74) is 0.990. The lowest BCUT2D eigenvalue weighted by Crippen LogP contribution is -2.38. The average molecular weight is 393 g/mol. The van der Waals surface area contributed by atoms with Crippen LogP contribution in [-0.4, -0.2) is 72.8 Å². The predicted octanol–water partition coefficient (Wildman–Crippen LogP) is 1.32. The molecule has 1 atom stereocenters.